The van der Waals surface area contributed by atoms with Crippen molar-refractivity contribution >= 4 is 14.5 Å². The zero-order valence-electron chi connectivity index (χ0n) is 11.2. The number of rotatable bonds is 2. The minimum absolute atomic E-state index is 0.108. The van der Waals surface area contributed by atoms with Gasteiger partial charge in [-0.2, -0.15) is 0 Å². The molecule has 1 heterocycles. The lowest BCUT2D eigenvalue weighted by Gasteiger charge is -2.44. The van der Waals surface area contributed by atoms with Crippen molar-refractivity contribution < 1.29 is 19.4 Å². The van der Waals surface area contributed by atoms with Gasteiger partial charge in [0, 0.05) is 0 Å². The molecule has 0 aromatic carbocycles. The van der Waals surface area contributed by atoms with Crippen LogP contribution in [0.15, 0.2) is 12.7 Å². The van der Waals surface area contributed by atoms with Gasteiger partial charge in [-0.1, -0.05) is 19.4 Å². The lowest BCUT2D eigenvalue weighted by Crippen LogP contribution is -2.49. The summed E-state index contributed by atoms with van der Waals surface area (Å²) in [5, 5.41) is 13.9. The first-order valence-corrected chi connectivity index (χ1v) is 8.57. The van der Waals surface area contributed by atoms with Crippen molar-refractivity contribution in [3.8, 4) is 0 Å². The predicted octanol–water partition coefficient (Wildman–Crippen LogP) is 3.95. The van der Waals surface area contributed by atoms with Gasteiger partial charge in [0.15, 0.2) is 8.32 Å². The second-order valence-electron chi connectivity index (χ2n) is 5.33. The molecule has 100 valence electrons. The predicted molar refractivity (Wildman–Crippen MR) is 71.1 cm³/mol. The fraction of sp³-hybridized carbons (Fsp3) is 0.750. The molecule has 2 N–H and O–H groups in total. The van der Waals surface area contributed by atoms with Gasteiger partial charge in [-0.25, -0.2) is 4.79 Å². The van der Waals surface area contributed by atoms with E-state index < -0.39 is 14.5 Å². The minimum atomic E-state index is -1.83. The van der Waals surface area contributed by atoms with E-state index in [9.17, 15) is 0 Å². The van der Waals surface area contributed by atoms with Gasteiger partial charge in [-0.05, 0) is 38.4 Å². The summed E-state index contributed by atoms with van der Waals surface area (Å²) in [6.07, 6.45) is 2.76. The molecular weight excluding hydrogens is 236 g/mol. The van der Waals surface area contributed by atoms with Gasteiger partial charge in [0.05, 0.1) is 5.60 Å². The largest absolute Gasteiger partial charge is 0.503 e. The van der Waals surface area contributed by atoms with E-state index in [0.717, 1.165) is 0 Å². The Kier molecular flexibility index (Phi) is 5.91. The molecule has 1 saturated heterocycles. The van der Waals surface area contributed by atoms with Crippen LogP contribution in [-0.4, -0.2) is 30.3 Å². The summed E-state index contributed by atoms with van der Waals surface area (Å²) < 4.78 is 6.28. The molecule has 0 radical (unpaired) electrons. The molecule has 5 heteroatoms. The first-order chi connectivity index (χ1) is 7.63. The van der Waals surface area contributed by atoms with Gasteiger partial charge in [0.2, 0.25) is 0 Å². The number of carbonyl (C=O) groups is 1. The van der Waals surface area contributed by atoms with Gasteiger partial charge in [-0.15, -0.1) is 6.58 Å². The van der Waals surface area contributed by atoms with Crippen molar-refractivity contribution in [2.75, 3.05) is 0 Å². The molecule has 1 aliphatic rings. The Morgan fingerprint density at radius 2 is 2.00 bits per heavy atom. The van der Waals surface area contributed by atoms with Gasteiger partial charge in [0.1, 0.15) is 0 Å². The van der Waals surface area contributed by atoms with E-state index in [-0.39, 0.29) is 5.60 Å². The SMILES string of the molecule is C=CC(C)[Si]1(C)CCCC(C)(C)O1.O=C(O)O. The average Bonchev–Trinajstić information content (AvgIpc) is 2.13. The Bertz CT molecular complexity index is 274. The summed E-state index contributed by atoms with van der Waals surface area (Å²) in [5.41, 5.74) is 0.684. The summed E-state index contributed by atoms with van der Waals surface area (Å²) >= 11 is 0. The first kappa shape index (κ1) is 16.2. The number of hydrogen-bond donors (Lipinski definition) is 2. The van der Waals surface area contributed by atoms with Crippen LogP contribution in [0, 0.1) is 0 Å². The standard InChI is InChI=1S/C11H22OSi.CH2O3/c1-6-10(2)13(5)9-7-8-11(3,4)12-13;2-1(3)4/h6,10H,1,7-9H2,2-5H3;(H2,2,3,4). The monoisotopic (exact) mass is 260 g/mol. The van der Waals surface area contributed by atoms with Crippen LogP contribution >= 0.6 is 0 Å². The van der Waals surface area contributed by atoms with Crippen molar-refractivity contribution in [1.82, 2.24) is 0 Å². The quantitative estimate of drug-likeness (QED) is 0.583. The molecule has 1 aliphatic heterocycles. The Morgan fingerprint density at radius 1 is 1.53 bits per heavy atom. The van der Waals surface area contributed by atoms with E-state index in [1.165, 1.54) is 18.9 Å². The van der Waals surface area contributed by atoms with Crippen molar-refractivity contribution in [3.63, 3.8) is 0 Å². The highest BCUT2D eigenvalue weighted by Crippen LogP contribution is 2.39. The zero-order valence-corrected chi connectivity index (χ0v) is 12.2. The minimum Gasteiger partial charge on any atom is -0.450 e. The van der Waals surface area contributed by atoms with Gasteiger partial charge >= 0.3 is 6.16 Å². The smallest absolute Gasteiger partial charge is 0.450 e. The van der Waals surface area contributed by atoms with E-state index in [0.29, 0.717) is 5.54 Å². The third-order valence-electron chi connectivity index (χ3n) is 3.28. The van der Waals surface area contributed by atoms with Crippen LogP contribution in [0.1, 0.15) is 33.6 Å². The Morgan fingerprint density at radius 3 is 2.35 bits per heavy atom. The second kappa shape index (κ2) is 6.21. The molecule has 0 saturated carbocycles. The molecule has 0 aliphatic carbocycles. The topological polar surface area (TPSA) is 66.8 Å². The summed E-state index contributed by atoms with van der Waals surface area (Å²) in [7, 11) is -1.49. The van der Waals surface area contributed by atoms with Crippen molar-refractivity contribution in [1.29, 1.82) is 0 Å². The molecule has 0 aromatic heterocycles. The van der Waals surface area contributed by atoms with Crippen LogP contribution in [0.2, 0.25) is 18.1 Å². The van der Waals surface area contributed by atoms with Crippen molar-refractivity contribution in [2.45, 2.75) is 57.3 Å². The molecule has 2 atom stereocenters. The van der Waals surface area contributed by atoms with Crippen molar-refractivity contribution in [3.05, 3.63) is 12.7 Å². The third kappa shape index (κ3) is 5.88. The van der Waals surface area contributed by atoms with Crippen LogP contribution in [0.3, 0.4) is 0 Å². The number of hydrogen-bond acceptors (Lipinski definition) is 2. The van der Waals surface area contributed by atoms with Gasteiger partial charge in [-0.3, -0.25) is 0 Å². The maximum atomic E-state index is 8.56. The fourth-order valence-corrected chi connectivity index (χ4v) is 5.65. The summed E-state index contributed by atoms with van der Waals surface area (Å²) in [6.45, 7) is 12.9. The van der Waals surface area contributed by atoms with Crippen LogP contribution in [-0.2, 0) is 4.43 Å². The second-order valence-corrected chi connectivity index (χ2v) is 9.58. The van der Waals surface area contributed by atoms with E-state index in [1.54, 1.807) is 0 Å². The van der Waals surface area contributed by atoms with Crippen LogP contribution < -0.4 is 0 Å². The Balaban J connectivity index is 0.000000557. The molecular formula is C12H24O4Si. The van der Waals surface area contributed by atoms with E-state index in [1.807, 2.05) is 0 Å². The highest BCUT2D eigenvalue weighted by atomic mass is 28.4. The zero-order chi connectivity index (χ0) is 13.7. The molecule has 0 spiro atoms. The Labute approximate surface area is 104 Å². The summed E-state index contributed by atoms with van der Waals surface area (Å²) in [4.78, 5) is 8.56. The maximum absolute atomic E-state index is 8.56. The molecule has 0 amide bonds. The first-order valence-electron chi connectivity index (χ1n) is 5.87. The van der Waals surface area contributed by atoms with Crippen molar-refractivity contribution in [2.24, 2.45) is 0 Å². The van der Waals surface area contributed by atoms with Crippen LogP contribution in [0.4, 0.5) is 4.79 Å². The maximum Gasteiger partial charge on any atom is 0.503 e. The molecule has 17 heavy (non-hydrogen) atoms. The molecule has 0 bridgehead atoms. The van der Waals surface area contributed by atoms with E-state index in [4.69, 9.17) is 19.4 Å². The van der Waals surface area contributed by atoms with E-state index >= 15 is 0 Å². The molecule has 1 fully saturated rings. The lowest BCUT2D eigenvalue weighted by atomic mass is 10.0. The molecule has 1 rings (SSSR count). The van der Waals surface area contributed by atoms with E-state index in [2.05, 4.69) is 40.0 Å². The highest BCUT2D eigenvalue weighted by Gasteiger charge is 2.42. The number of carboxylic acid groups (broad SMARTS) is 2. The van der Waals surface area contributed by atoms with Gasteiger partial charge in [0.25, 0.3) is 0 Å². The molecule has 0 aromatic rings. The van der Waals surface area contributed by atoms with Crippen LogP contribution in [0.5, 0.6) is 0 Å². The normalized spacial score (nSPS) is 28.5. The summed E-state index contributed by atoms with van der Waals surface area (Å²) in [6, 6.07) is 1.30. The average molecular weight is 260 g/mol. The van der Waals surface area contributed by atoms with Crippen LogP contribution in [0.25, 0.3) is 0 Å². The third-order valence-corrected chi connectivity index (χ3v) is 7.81. The lowest BCUT2D eigenvalue weighted by molar-refractivity contribution is 0.0683. The number of allylic oxidation sites excluding steroid dienone is 1. The van der Waals surface area contributed by atoms with Gasteiger partial charge < -0.3 is 14.6 Å². The summed E-state index contributed by atoms with van der Waals surface area (Å²) in [5.74, 6) is 0. The highest BCUT2D eigenvalue weighted by molar-refractivity contribution is 6.74. The fourth-order valence-electron chi connectivity index (χ4n) is 2.17. The molecule has 4 nitrogen and oxygen atoms in total. The Hall–Kier alpha value is -0.813. The molecule has 2 unspecified atom stereocenters.